The topological polar surface area (TPSA) is 67.9 Å². The number of ether oxygens (including phenoxy) is 2. The molecule has 0 aliphatic heterocycles. The molecule has 1 atom stereocenters. The zero-order chi connectivity index (χ0) is 25.0. The number of benzene rings is 3. The summed E-state index contributed by atoms with van der Waals surface area (Å²) in [5, 5.41) is 2.90. The van der Waals surface area contributed by atoms with Gasteiger partial charge in [-0.2, -0.15) is 0 Å². The van der Waals surface area contributed by atoms with Crippen LogP contribution in [-0.4, -0.2) is 43.0 Å². The quantitative estimate of drug-likeness (QED) is 0.422. The van der Waals surface area contributed by atoms with E-state index in [2.05, 4.69) is 12.2 Å². The molecule has 3 rings (SSSR count). The van der Waals surface area contributed by atoms with Crippen LogP contribution < -0.4 is 14.8 Å². The maximum atomic E-state index is 13.5. The maximum Gasteiger partial charge on any atom is 0.261 e. The van der Waals surface area contributed by atoms with Gasteiger partial charge in [0.25, 0.3) is 5.91 Å². The van der Waals surface area contributed by atoms with Crippen molar-refractivity contribution < 1.29 is 19.1 Å². The van der Waals surface area contributed by atoms with E-state index in [1.165, 1.54) is 5.56 Å². The number of rotatable bonds is 12. The minimum atomic E-state index is -0.692. The number of hydrogen-bond donors (Lipinski definition) is 1. The van der Waals surface area contributed by atoms with Crippen LogP contribution in [0.15, 0.2) is 78.9 Å². The van der Waals surface area contributed by atoms with Gasteiger partial charge in [0.2, 0.25) is 5.91 Å². The van der Waals surface area contributed by atoms with E-state index in [0.717, 1.165) is 17.5 Å². The number of carbonyl (C=O) groups excluding carboxylic acids is 2. The Kier molecular flexibility index (Phi) is 9.72. The molecule has 0 aromatic heterocycles. The lowest BCUT2D eigenvalue weighted by Gasteiger charge is -2.31. The molecule has 6 nitrogen and oxygen atoms in total. The van der Waals surface area contributed by atoms with Gasteiger partial charge in [-0.15, -0.1) is 0 Å². The smallest absolute Gasteiger partial charge is 0.261 e. The number of nitrogens with zero attached hydrogens (tertiary/aromatic N) is 1. The zero-order valence-corrected chi connectivity index (χ0v) is 20.7. The van der Waals surface area contributed by atoms with Crippen LogP contribution in [0.1, 0.15) is 30.5 Å². The van der Waals surface area contributed by atoms with Crippen LogP contribution in [0.5, 0.6) is 11.5 Å². The van der Waals surface area contributed by atoms with Gasteiger partial charge in [-0.3, -0.25) is 9.59 Å². The van der Waals surface area contributed by atoms with Crippen LogP contribution in [0.3, 0.4) is 0 Å². The van der Waals surface area contributed by atoms with Crippen molar-refractivity contribution in [2.45, 2.75) is 39.3 Å². The highest BCUT2D eigenvalue weighted by Crippen LogP contribution is 2.19. The first-order valence-electron chi connectivity index (χ1n) is 12.0. The third kappa shape index (κ3) is 7.60. The van der Waals surface area contributed by atoms with Crippen molar-refractivity contribution in [2.75, 3.05) is 20.3 Å². The molecule has 0 fully saturated rings. The molecule has 35 heavy (non-hydrogen) atoms. The predicted octanol–water partition coefficient (Wildman–Crippen LogP) is 4.41. The molecule has 0 aliphatic carbocycles. The van der Waals surface area contributed by atoms with E-state index < -0.39 is 6.04 Å². The van der Waals surface area contributed by atoms with E-state index in [9.17, 15) is 9.59 Å². The van der Waals surface area contributed by atoms with E-state index in [-0.39, 0.29) is 25.0 Å². The summed E-state index contributed by atoms with van der Waals surface area (Å²) in [6.07, 6.45) is 1.33. The molecule has 0 heterocycles. The number of methoxy groups -OCH3 is 1. The second-order valence-electron chi connectivity index (χ2n) is 8.26. The van der Waals surface area contributed by atoms with E-state index in [1.54, 1.807) is 12.0 Å². The first-order valence-corrected chi connectivity index (χ1v) is 12.0. The van der Waals surface area contributed by atoms with Crippen LogP contribution in [-0.2, 0) is 29.0 Å². The highest BCUT2D eigenvalue weighted by atomic mass is 16.5. The van der Waals surface area contributed by atoms with Crippen LogP contribution in [0.25, 0.3) is 0 Å². The lowest BCUT2D eigenvalue weighted by molar-refractivity contribution is -0.142. The molecule has 0 saturated heterocycles. The Labute approximate surface area is 207 Å². The largest absolute Gasteiger partial charge is 0.497 e. The molecule has 1 unspecified atom stereocenters. The second kappa shape index (κ2) is 13.2. The normalized spacial score (nSPS) is 11.4. The van der Waals surface area contributed by atoms with Gasteiger partial charge in [0.05, 0.1) is 7.11 Å². The number of amides is 2. The molecule has 0 saturated carbocycles. The molecule has 1 N–H and O–H groups in total. The Bertz CT molecular complexity index is 1080. The van der Waals surface area contributed by atoms with E-state index in [0.29, 0.717) is 24.5 Å². The lowest BCUT2D eigenvalue weighted by atomic mass is 10.0. The van der Waals surface area contributed by atoms with Gasteiger partial charge in [-0.05, 0) is 54.3 Å². The van der Waals surface area contributed by atoms with E-state index in [1.807, 2.05) is 85.8 Å². The fraction of sp³-hybridized carbons (Fsp3) is 0.310. The van der Waals surface area contributed by atoms with Crippen molar-refractivity contribution in [1.82, 2.24) is 10.2 Å². The van der Waals surface area contributed by atoms with E-state index in [4.69, 9.17) is 9.47 Å². The third-order valence-electron chi connectivity index (χ3n) is 5.80. The third-order valence-corrected chi connectivity index (χ3v) is 5.80. The maximum absolute atomic E-state index is 13.5. The SMILES string of the molecule is CCNC(=O)C(Cc1ccccc1)N(Cc1cccc(OC)c1)C(=O)COc1ccc(CC)cc1. The molecular weight excluding hydrogens is 440 g/mol. The average molecular weight is 475 g/mol. The van der Waals surface area contributed by atoms with Crippen LogP contribution in [0.2, 0.25) is 0 Å². The lowest BCUT2D eigenvalue weighted by Crippen LogP contribution is -2.51. The first kappa shape index (κ1) is 25.8. The molecule has 0 spiro atoms. The van der Waals surface area contributed by atoms with Gasteiger partial charge >= 0.3 is 0 Å². The molecular formula is C29H34N2O4. The summed E-state index contributed by atoms with van der Waals surface area (Å²) < 4.78 is 11.2. The monoisotopic (exact) mass is 474 g/mol. The van der Waals surface area contributed by atoms with Gasteiger partial charge in [-0.1, -0.05) is 61.5 Å². The van der Waals surface area contributed by atoms with Crippen molar-refractivity contribution in [3.05, 3.63) is 95.6 Å². The van der Waals surface area contributed by atoms with Crippen molar-refractivity contribution in [3.63, 3.8) is 0 Å². The van der Waals surface area contributed by atoms with Gasteiger partial charge in [0.15, 0.2) is 6.61 Å². The van der Waals surface area contributed by atoms with Crippen molar-refractivity contribution in [2.24, 2.45) is 0 Å². The molecule has 0 radical (unpaired) electrons. The summed E-state index contributed by atoms with van der Waals surface area (Å²) in [4.78, 5) is 28.3. The Morgan fingerprint density at radius 2 is 1.57 bits per heavy atom. The highest BCUT2D eigenvalue weighted by molar-refractivity contribution is 5.88. The van der Waals surface area contributed by atoms with Gasteiger partial charge in [0.1, 0.15) is 17.5 Å². The highest BCUT2D eigenvalue weighted by Gasteiger charge is 2.30. The number of carbonyl (C=O) groups is 2. The predicted molar refractivity (Wildman–Crippen MR) is 137 cm³/mol. The standard InChI is InChI=1S/C29H34N2O4/c1-4-22-14-16-25(17-15-22)35-21-28(32)31(20-24-12-9-13-26(18-24)34-3)27(29(33)30-5-2)19-23-10-7-6-8-11-23/h6-18,27H,4-5,19-21H2,1-3H3,(H,30,33). The van der Waals surface area contributed by atoms with E-state index >= 15 is 0 Å². The number of hydrogen-bond acceptors (Lipinski definition) is 4. The summed E-state index contributed by atoms with van der Waals surface area (Å²) in [7, 11) is 1.60. The van der Waals surface area contributed by atoms with Gasteiger partial charge in [-0.25, -0.2) is 0 Å². The molecule has 3 aromatic rings. The zero-order valence-electron chi connectivity index (χ0n) is 20.7. The number of aryl methyl sites for hydroxylation is 1. The van der Waals surface area contributed by atoms with Crippen molar-refractivity contribution in [3.8, 4) is 11.5 Å². The van der Waals surface area contributed by atoms with Crippen molar-refractivity contribution in [1.29, 1.82) is 0 Å². The Morgan fingerprint density at radius 3 is 2.23 bits per heavy atom. The van der Waals surface area contributed by atoms with Crippen molar-refractivity contribution >= 4 is 11.8 Å². The summed E-state index contributed by atoms with van der Waals surface area (Å²) in [5.41, 5.74) is 3.04. The summed E-state index contributed by atoms with van der Waals surface area (Å²) in [6, 6.07) is 24.3. The van der Waals surface area contributed by atoms with Gasteiger partial charge < -0.3 is 19.7 Å². The Morgan fingerprint density at radius 1 is 0.857 bits per heavy atom. The Balaban J connectivity index is 1.88. The molecule has 184 valence electrons. The fourth-order valence-corrected chi connectivity index (χ4v) is 3.86. The Hall–Kier alpha value is -3.80. The van der Waals surface area contributed by atoms with Crippen LogP contribution in [0.4, 0.5) is 0 Å². The number of likely N-dealkylation sites (N-methyl/N-ethyl adjacent to an activating group) is 1. The molecule has 0 bridgehead atoms. The molecule has 0 aliphatic rings. The first-order chi connectivity index (χ1) is 17.0. The van der Waals surface area contributed by atoms with Gasteiger partial charge in [0, 0.05) is 19.5 Å². The van der Waals surface area contributed by atoms with Crippen LogP contribution >= 0.6 is 0 Å². The second-order valence-corrected chi connectivity index (χ2v) is 8.26. The minimum absolute atomic E-state index is 0.167. The molecule has 3 aromatic carbocycles. The minimum Gasteiger partial charge on any atom is -0.497 e. The molecule has 6 heteroatoms. The number of nitrogens with one attached hydrogen (secondary N) is 1. The van der Waals surface area contributed by atoms with Crippen LogP contribution in [0, 0.1) is 0 Å². The molecule has 2 amide bonds. The summed E-state index contributed by atoms with van der Waals surface area (Å²) in [6.45, 7) is 4.52. The summed E-state index contributed by atoms with van der Waals surface area (Å²) in [5.74, 6) is 0.855. The average Bonchev–Trinajstić information content (AvgIpc) is 2.90. The fourth-order valence-electron chi connectivity index (χ4n) is 3.86. The summed E-state index contributed by atoms with van der Waals surface area (Å²) >= 11 is 0.